The maximum atomic E-state index is 11.7. The van der Waals surface area contributed by atoms with E-state index in [2.05, 4.69) is 5.32 Å². The second kappa shape index (κ2) is 9.34. The van der Waals surface area contributed by atoms with Crippen molar-refractivity contribution in [2.75, 3.05) is 26.8 Å². The zero-order valence-electron chi connectivity index (χ0n) is 12.2. The molecule has 5 heteroatoms. The summed E-state index contributed by atoms with van der Waals surface area (Å²) < 4.78 is 10.6. The van der Waals surface area contributed by atoms with Crippen molar-refractivity contribution >= 4 is 5.91 Å². The van der Waals surface area contributed by atoms with Gasteiger partial charge in [-0.05, 0) is 25.0 Å². The Balaban J connectivity index is 2.38. The molecule has 1 amide bonds. The number of benzene rings is 1. The molecular weight excluding hydrogens is 256 g/mol. The van der Waals surface area contributed by atoms with Crippen LogP contribution in [0.5, 0.6) is 5.75 Å². The lowest BCUT2D eigenvalue weighted by Crippen LogP contribution is -2.33. The van der Waals surface area contributed by atoms with E-state index in [0.717, 1.165) is 17.7 Å². The number of nitrogens with two attached hydrogens (primary N) is 1. The summed E-state index contributed by atoms with van der Waals surface area (Å²) in [5.74, 6) is 0.831. The lowest BCUT2D eigenvalue weighted by molar-refractivity contribution is -0.123. The molecule has 112 valence electrons. The quantitative estimate of drug-likeness (QED) is 0.710. The third kappa shape index (κ3) is 5.59. The van der Waals surface area contributed by atoms with Crippen LogP contribution in [0.1, 0.15) is 18.9 Å². The Bertz CT molecular complexity index is 406. The van der Waals surface area contributed by atoms with Gasteiger partial charge in [0.05, 0.1) is 19.1 Å². The van der Waals surface area contributed by atoms with Crippen LogP contribution in [0.4, 0.5) is 0 Å². The molecule has 0 saturated carbocycles. The lowest BCUT2D eigenvalue weighted by atomic mass is 10.1. The van der Waals surface area contributed by atoms with Gasteiger partial charge in [-0.15, -0.1) is 0 Å². The van der Waals surface area contributed by atoms with Crippen LogP contribution in [-0.4, -0.2) is 38.8 Å². The zero-order chi connectivity index (χ0) is 14.8. The minimum absolute atomic E-state index is 0.0452. The fraction of sp³-hybridized carbons (Fsp3) is 0.533. The number of carbonyl (C=O) groups excluding carboxylic acids is 1. The van der Waals surface area contributed by atoms with Crippen LogP contribution in [0.25, 0.3) is 0 Å². The number of amides is 1. The molecule has 1 aromatic rings. The van der Waals surface area contributed by atoms with Gasteiger partial charge in [0.1, 0.15) is 5.75 Å². The molecule has 0 radical (unpaired) electrons. The fourth-order valence-corrected chi connectivity index (χ4v) is 1.89. The molecule has 0 fully saturated rings. The first kappa shape index (κ1) is 16.5. The smallest absolute Gasteiger partial charge is 0.222 e. The van der Waals surface area contributed by atoms with Crippen molar-refractivity contribution in [3.05, 3.63) is 29.8 Å². The first-order valence-corrected chi connectivity index (χ1v) is 6.91. The summed E-state index contributed by atoms with van der Waals surface area (Å²) in [5, 5.41) is 2.87. The molecule has 1 unspecified atom stereocenters. The lowest BCUT2D eigenvalue weighted by Gasteiger charge is -2.13. The summed E-state index contributed by atoms with van der Waals surface area (Å²) in [6, 6.07) is 7.86. The van der Waals surface area contributed by atoms with Gasteiger partial charge in [0.2, 0.25) is 5.91 Å². The monoisotopic (exact) mass is 280 g/mol. The van der Waals surface area contributed by atoms with Crippen molar-refractivity contribution in [1.29, 1.82) is 0 Å². The van der Waals surface area contributed by atoms with Crippen molar-refractivity contribution in [2.24, 2.45) is 5.73 Å². The van der Waals surface area contributed by atoms with Crippen molar-refractivity contribution < 1.29 is 14.3 Å². The Kier molecular flexibility index (Phi) is 7.69. The van der Waals surface area contributed by atoms with E-state index in [9.17, 15) is 4.79 Å². The van der Waals surface area contributed by atoms with E-state index in [1.807, 2.05) is 31.2 Å². The molecule has 0 aromatic heterocycles. The normalized spacial score (nSPS) is 11.9. The van der Waals surface area contributed by atoms with Crippen LogP contribution in [0.3, 0.4) is 0 Å². The Morgan fingerprint density at radius 2 is 2.15 bits per heavy atom. The maximum absolute atomic E-state index is 11.7. The average molecular weight is 280 g/mol. The summed E-state index contributed by atoms with van der Waals surface area (Å²) in [6.07, 6.45) is 0.813. The van der Waals surface area contributed by atoms with E-state index in [4.69, 9.17) is 15.2 Å². The van der Waals surface area contributed by atoms with Gasteiger partial charge in [0.25, 0.3) is 0 Å². The van der Waals surface area contributed by atoms with Crippen molar-refractivity contribution in [3.63, 3.8) is 0 Å². The SMILES string of the molecule is CCOc1ccccc1CCNC(=O)CC(CN)OC. The third-order valence-electron chi connectivity index (χ3n) is 3.00. The molecule has 0 aliphatic carbocycles. The summed E-state index contributed by atoms with van der Waals surface area (Å²) in [7, 11) is 1.56. The van der Waals surface area contributed by atoms with Gasteiger partial charge in [0.15, 0.2) is 0 Å². The van der Waals surface area contributed by atoms with Crippen LogP contribution in [0, 0.1) is 0 Å². The van der Waals surface area contributed by atoms with Crippen LogP contribution in [0.15, 0.2) is 24.3 Å². The van der Waals surface area contributed by atoms with E-state index in [1.54, 1.807) is 7.11 Å². The Morgan fingerprint density at radius 3 is 2.80 bits per heavy atom. The number of methoxy groups -OCH3 is 1. The number of hydrogen-bond donors (Lipinski definition) is 2. The molecule has 0 aliphatic heterocycles. The predicted molar refractivity (Wildman–Crippen MR) is 78.8 cm³/mol. The van der Waals surface area contributed by atoms with Gasteiger partial charge in [-0.2, -0.15) is 0 Å². The maximum Gasteiger partial charge on any atom is 0.222 e. The number of nitrogens with one attached hydrogen (secondary N) is 1. The zero-order valence-corrected chi connectivity index (χ0v) is 12.2. The average Bonchev–Trinajstić information content (AvgIpc) is 2.47. The molecular formula is C15H24N2O3. The van der Waals surface area contributed by atoms with Crippen LogP contribution in [0.2, 0.25) is 0 Å². The highest BCUT2D eigenvalue weighted by Crippen LogP contribution is 2.17. The minimum atomic E-state index is -0.217. The van der Waals surface area contributed by atoms with Gasteiger partial charge < -0.3 is 20.5 Å². The third-order valence-corrected chi connectivity index (χ3v) is 3.00. The second-order valence-corrected chi connectivity index (χ2v) is 4.44. The fourth-order valence-electron chi connectivity index (χ4n) is 1.89. The van der Waals surface area contributed by atoms with Gasteiger partial charge in [-0.1, -0.05) is 18.2 Å². The van der Waals surface area contributed by atoms with E-state index in [-0.39, 0.29) is 12.0 Å². The van der Waals surface area contributed by atoms with Crippen molar-refractivity contribution in [1.82, 2.24) is 5.32 Å². The molecule has 5 nitrogen and oxygen atoms in total. The number of para-hydroxylation sites is 1. The molecule has 3 N–H and O–H groups in total. The van der Waals surface area contributed by atoms with E-state index in [1.165, 1.54) is 0 Å². The molecule has 0 heterocycles. The minimum Gasteiger partial charge on any atom is -0.494 e. The topological polar surface area (TPSA) is 73.6 Å². The van der Waals surface area contributed by atoms with E-state index >= 15 is 0 Å². The standard InChI is InChI=1S/C15H24N2O3/c1-3-20-14-7-5-4-6-12(14)8-9-17-15(18)10-13(11-16)19-2/h4-7,13H,3,8-11,16H2,1-2H3,(H,17,18). The second-order valence-electron chi connectivity index (χ2n) is 4.44. The summed E-state index contributed by atoms with van der Waals surface area (Å²) in [5.41, 5.74) is 6.58. The molecule has 20 heavy (non-hydrogen) atoms. The highest BCUT2D eigenvalue weighted by Gasteiger charge is 2.11. The summed E-state index contributed by atoms with van der Waals surface area (Å²) in [6.45, 7) is 3.51. The number of ether oxygens (including phenoxy) is 2. The molecule has 0 spiro atoms. The van der Waals surface area contributed by atoms with Crippen LogP contribution in [-0.2, 0) is 16.0 Å². The molecule has 0 saturated heterocycles. The summed E-state index contributed by atoms with van der Waals surface area (Å²) in [4.78, 5) is 11.7. The van der Waals surface area contributed by atoms with E-state index in [0.29, 0.717) is 26.1 Å². The van der Waals surface area contributed by atoms with Crippen molar-refractivity contribution in [3.8, 4) is 5.75 Å². The molecule has 1 rings (SSSR count). The van der Waals surface area contributed by atoms with Gasteiger partial charge >= 0.3 is 0 Å². The first-order chi connectivity index (χ1) is 9.71. The highest BCUT2D eigenvalue weighted by molar-refractivity contribution is 5.76. The summed E-state index contributed by atoms with van der Waals surface area (Å²) >= 11 is 0. The number of carbonyl (C=O) groups is 1. The molecule has 1 aromatic carbocycles. The van der Waals surface area contributed by atoms with Crippen LogP contribution < -0.4 is 15.8 Å². The van der Waals surface area contributed by atoms with E-state index < -0.39 is 0 Å². The Hall–Kier alpha value is -1.59. The molecule has 0 aliphatic rings. The predicted octanol–water partition coefficient (Wildman–Crippen LogP) is 1.11. The number of hydrogen-bond acceptors (Lipinski definition) is 4. The van der Waals surface area contributed by atoms with Gasteiger partial charge in [-0.3, -0.25) is 4.79 Å². The van der Waals surface area contributed by atoms with Crippen LogP contribution >= 0.6 is 0 Å². The van der Waals surface area contributed by atoms with Gasteiger partial charge in [0, 0.05) is 20.2 Å². The Morgan fingerprint density at radius 1 is 1.40 bits per heavy atom. The van der Waals surface area contributed by atoms with Crippen molar-refractivity contribution in [2.45, 2.75) is 25.9 Å². The van der Waals surface area contributed by atoms with Gasteiger partial charge in [-0.25, -0.2) is 0 Å². The largest absolute Gasteiger partial charge is 0.494 e. The highest BCUT2D eigenvalue weighted by atomic mass is 16.5. The first-order valence-electron chi connectivity index (χ1n) is 6.91. The number of rotatable bonds is 9. The molecule has 1 atom stereocenters. The Labute approximate surface area is 120 Å². The molecule has 0 bridgehead atoms.